The van der Waals surface area contributed by atoms with Gasteiger partial charge in [-0.05, 0) is 0 Å². The van der Waals surface area contributed by atoms with Gasteiger partial charge in [0.15, 0.2) is 23.0 Å². The Morgan fingerprint density at radius 1 is 1.17 bits per heavy atom. The fraction of sp³-hybridized carbons (Fsp3) is 0.385. The molecule has 0 saturated carbocycles. The number of fused-ring (bicyclic) bond motifs is 3. The number of aliphatic hydroxyl groups is 3. The third-order valence-electron chi connectivity index (χ3n) is 3.91. The van der Waals surface area contributed by atoms with Crippen molar-refractivity contribution in [2.24, 2.45) is 0 Å². The molecule has 1 aliphatic heterocycles. The van der Waals surface area contributed by atoms with Crippen LogP contribution in [0.5, 0.6) is 0 Å². The predicted octanol–water partition coefficient (Wildman–Crippen LogP) is -1.95. The van der Waals surface area contributed by atoms with Crippen LogP contribution in [0, 0.1) is 0 Å². The Balaban J connectivity index is 1.88. The Bertz CT molecular complexity index is 937. The first kappa shape index (κ1) is 14.2. The summed E-state index contributed by atoms with van der Waals surface area (Å²) in [5.41, 5.74) is 0.633. The van der Waals surface area contributed by atoms with Crippen LogP contribution in [0.15, 0.2) is 29.7 Å². The first-order chi connectivity index (χ1) is 11.1. The maximum absolute atomic E-state index is 11.5. The van der Waals surface area contributed by atoms with Crippen LogP contribution in [0.4, 0.5) is 0 Å². The van der Waals surface area contributed by atoms with Crippen molar-refractivity contribution < 1.29 is 20.1 Å². The first-order valence-corrected chi connectivity index (χ1v) is 6.93. The Morgan fingerprint density at radius 2 is 2.00 bits per heavy atom. The van der Waals surface area contributed by atoms with Crippen LogP contribution in [0.3, 0.4) is 0 Å². The monoisotopic (exact) mass is 319 g/mol. The smallest absolute Gasteiger partial charge is 0.273 e. The average molecular weight is 319 g/mol. The van der Waals surface area contributed by atoms with E-state index in [2.05, 4.69) is 15.0 Å². The van der Waals surface area contributed by atoms with Gasteiger partial charge in [-0.2, -0.15) is 4.98 Å². The van der Waals surface area contributed by atoms with Gasteiger partial charge >= 0.3 is 0 Å². The normalized spacial score (nSPS) is 28.0. The molecule has 4 rings (SSSR count). The zero-order chi connectivity index (χ0) is 16.1. The molecule has 4 atom stereocenters. The lowest BCUT2D eigenvalue weighted by atomic mass is 10.1. The summed E-state index contributed by atoms with van der Waals surface area (Å²) in [6, 6.07) is 1.31. The van der Waals surface area contributed by atoms with Gasteiger partial charge in [-0.3, -0.25) is 13.8 Å². The topological polar surface area (TPSA) is 135 Å². The largest absolute Gasteiger partial charge is 0.394 e. The van der Waals surface area contributed by atoms with E-state index in [0.717, 1.165) is 0 Å². The van der Waals surface area contributed by atoms with Crippen LogP contribution < -0.4 is 5.56 Å². The summed E-state index contributed by atoms with van der Waals surface area (Å²) < 4.78 is 8.46. The summed E-state index contributed by atoms with van der Waals surface area (Å²) in [7, 11) is 0. The highest BCUT2D eigenvalue weighted by Crippen LogP contribution is 2.31. The molecule has 0 aromatic carbocycles. The molecule has 0 radical (unpaired) electrons. The molecule has 3 aromatic heterocycles. The summed E-state index contributed by atoms with van der Waals surface area (Å²) in [5, 5.41) is 29.1. The molecular weight excluding hydrogens is 306 g/mol. The summed E-state index contributed by atoms with van der Waals surface area (Å²) in [5.74, 6) is 0. The molecule has 0 spiro atoms. The van der Waals surface area contributed by atoms with Gasteiger partial charge in [0.2, 0.25) is 0 Å². The minimum absolute atomic E-state index is 0.327. The highest BCUT2D eigenvalue weighted by Gasteiger charge is 2.43. The molecule has 0 unspecified atom stereocenters. The molecule has 0 aliphatic carbocycles. The number of hydrogen-bond acceptors (Lipinski definition) is 8. The summed E-state index contributed by atoms with van der Waals surface area (Å²) in [6.45, 7) is -0.422. The standard InChI is InChI=1S/C13H13N5O5/c19-3-6-9(21)10(22)13(23-6)18-5-14-8-11(18)15-4-17-2-1-7(20)16-12(8)17/h1-2,4-6,9-10,13,19,21-22H,3H2/t6-,9+,10-,13-/m0/s1. The van der Waals surface area contributed by atoms with Gasteiger partial charge in [0.25, 0.3) is 5.56 Å². The van der Waals surface area contributed by atoms with Crippen molar-refractivity contribution in [3.63, 3.8) is 0 Å². The number of ether oxygens (including phenoxy) is 1. The Hall–Kier alpha value is -2.40. The van der Waals surface area contributed by atoms with Crippen molar-refractivity contribution >= 4 is 16.8 Å². The maximum atomic E-state index is 11.5. The molecule has 1 fully saturated rings. The van der Waals surface area contributed by atoms with Crippen molar-refractivity contribution in [3.05, 3.63) is 35.3 Å². The van der Waals surface area contributed by atoms with Crippen molar-refractivity contribution in [2.75, 3.05) is 6.61 Å². The molecule has 10 nitrogen and oxygen atoms in total. The fourth-order valence-corrected chi connectivity index (χ4v) is 2.74. The predicted molar refractivity (Wildman–Crippen MR) is 75.6 cm³/mol. The lowest BCUT2D eigenvalue weighted by Crippen LogP contribution is -2.33. The molecule has 4 heterocycles. The Morgan fingerprint density at radius 3 is 2.74 bits per heavy atom. The van der Waals surface area contributed by atoms with Crippen LogP contribution in [-0.4, -0.2) is 64.2 Å². The van der Waals surface area contributed by atoms with E-state index < -0.39 is 36.7 Å². The zero-order valence-corrected chi connectivity index (χ0v) is 11.7. The number of nitrogens with zero attached hydrogens (tertiary/aromatic N) is 5. The van der Waals surface area contributed by atoms with Gasteiger partial charge in [-0.1, -0.05) is 0 Å². The molecule has 1 saturated heterocycles. The van der Waals surface area contributed by atoms with E-state index >= 15 is 0 Å². The third kappa shape index (κ3) is 2.04. The van der Waals surface area contributed by atoms with Gasteiger partial charge in [0.1, 0.15) is 24.6 Å². The fourth-order valence-electron chi connectivity index (χ4n) is 2.74. The number of hydrogen-bond donors (Lipinski definition) is 3. The van der Waals surface area contributed by atoms with E-state index in [1.54, 1.807) is 4.40 Å². The van der Waals surface area contributed by atoms with Gasteiger partial charge in [0, 0.05) is 12.3 Å². The van der Waals surface area contributed by atoms with Crippen molar-refractivity contribution in [1.82, 2.24) is 23.9 Å². The molecule has 120 valence electrons. The third-order valence-corrected chi connectivity index (χ3v) is 3.91. The van der Waals surface area contributed by atoms with Gasteiger partial charge in [-0.25, -0.2) is 9.97 Å². The van der Waals surface area contributed by atoms with E-state index in [9.17, 15) is 15.0 Å². The van der Waals surface area contributed by atoms with Crippen LogP contribution in [-0.2, 0) is 4.74 Å². The highest BCUT2D eigenvalue weighted by molar-refractivity contribution is 5.84. The molecule has 0 bridgehead atoms. The van der Waals surface area contributed by atoms with Gasteiger partial charge in [-0.15, -0.1) is 0 Å². The molecular formula is C13H13N5O5. The molecule has 3 aromatic rings. The minimum atomic E-state index is -1.24. The van der Waals surface area contributed by atoms with Gasteiger partial charge < -0.3 is 20.1 Å². The van der Waals surface area contributed by atoms with E-state index in [0.29, 0.717) is 16.8 Å². The van der Waals surface area contributed by atoms with E-state index in [1.165, 1.54) is 29.5 Å². The van der Waals surface area contributed by atoms with Gasteiger partial charge in [0.05, 0.1) is 12.9 Å². The second kappa shape index (κ2) is 5.06. The quantitative estimate of drug-likeness (QED) is 0.496. The number of rotatable bonds is 2. The minimum Gasteiger partial charge on any atom is -0.394 e. The van der Waals surface area contributed by atoms with Crippen LogP contribution >= 0.6 is 0 Å². The number of aliphatic hydroxyl groups excluding tert-OH is 3. The van der Waals surface area contributed by atoms with Crippen molar-refractivity contribution in [3.8, 4) is 0 Å². The summed E-state index contributed by atoms with van der Waals surface area (Å²) in [6.07, 6.45) is 0.0759. The van der Waals surface area contributed by atoms with E-state index in [-0.39, 0.29) is 0 Å². The first-order valence-electron chi connectivity index (χ1n) is 6.93. The molecule has 23 heavy (non-hydrogen) atoms. The van der Waals surface area contributed by atoms with Crippen molar-refractivity contribution in [1.29, 1.82) is 0 Å². The molecule has 0 amide bonds. The maximum Gasteiger partial charge on any atom is 0.273 e. The lowest BCUT2D eigenvalue weighted by molar-refractivity contribution is -0.0511. The number of aromatic nitrogens is 5. The summed E-state index contributed by atoms with van der Waals surface area (Å²) in [4.78, 5) is 23.8. The second-order valence-electron chi connectivity index (χ2n) is 5.29. The Kier molecular flexibility index (Phi) is 3.13. The van der Waals surface area contributed by atoms with Crippen LogP contribution in [0.1, 0.15) is 6.23 Å². The highest BCUT2D eigenvalue weighted by atomic mass is 16.6. The van der Waals surface area contributed by atoms with Crippen LogP contribution in [0.25, 0.3) is 16.8 Å². The molecule has 1 aliphatic rings. The lowest BCUT2D eigenvalue weighted by Gasteiger charge is -2.16. The second-order valence-corrected chi connectivity index (χ2v) is 5.29. The molecule has 10 heteroatoms. The van der Waals surface area contributed by atoms with E-state index in [4.69, 9.17) is 9.84 Å². The van der Waals surface area contributed by atoms with Crippen molar-refractivity contribution in [2.45, 2.75) is 24.5 Å². The Labute approximate surface area is 128 Å². The summed E-state index contributed by atoms with van der Waals surface area (Å²) >= 11 is 0. The van der Waals surface area contributed by atoms with Crippen LogP contribution in [0.2, 0.25) is 0 Å². The molecule has 3 N–H and O–H groups in total. The SMILES string of the molecule is O=c1ccn2cnc3c(ncn3[C@H]3O[C@@H](CO)[C@@H](O)[C@@H]3O)c2n1. The van der Waals surface area contributed by atoms with E-state index in [1.807, 2.05) is 0 Å². The number of imidazole rings is 1. The zero-order valence-electron chi connectivity index (χ0n) is 11.7. The average Bonchev–Trinajstić information content (AvgIpc) is 3.10.